The summed E-state index contributed by atoms with van der Waals surface area (Å²) in [7, 11) is 0. The molecule has 0 aliphatic carbocycles. The number of halogens is 1. The second-order valence-corrected chi connectivity index (χ2v) is 5.84. The number of rotatable bonds is 6. The molecule has 0 aromatic heterocycles. The molecule has 0 bridgehead atoms. The third kappa shape index (κ3) is 4.78. The number of benzene rings is 1. The summed E-state index contributed by atoms with van der Waals surface area (Å²) in [4.78, 5) is 11.1. The SMILES string of the molecule is Cc1cc(CN[C@H](CC(C)C)C(=O)O)ccc1Br. The van der Waals surface area contributed by atoms with Crippen molar-refractivity contribution >= 4 is 21.9 Å². The number of carbonyl (C=O) groups is 1. The van der Waals surface area contributed by atoms with Crippen molar-refractivity contribution in [3.05, 3.63) is 33.8 Å². The summed E-state index contributed by atoms with van der Waals surface area (Å²) in [5.41, 5.74) is 2.26. The smallest absolute Gasteiger partial charge is 0.320 e. The van der Waals surface area contributed by atoms with Gasteiger partial charge in [0.1, 0.15) is 6.04 Å². The van der Waals surface area contributed by atoms with Crippen LogP contribution < -0.4 is 5.32 Å². The van der Waals surface area contributed by atoms with Gasteiger partial charge in [0, 0.05) is 11.0 Å². The van der Waals surface area contributed by atoms with E-state index >= 15 is 0 Å². The van der Waals surface area contributed by atoms with Gasteiger partial charge in [0.15, 0.2) is 0 Å². The minimum absolute atomic E-state index is 0.366. The molecule has 0 aliphatic heterocycles. The molecule has 1 rings (SSSR count). The van der Waals surface area contributed by atoms with Crippen LogP contribution in [-0.2, 0) is 11.3 Å². The van der Waals surface area contributed by atoms with Crippen LogP contribution in [0.5, 0.6) is 0 Å². The number of nitrogens with one attached hydrogen (secondary N) is 1. The molecule has 0 unspecified atom stereocenters. The molecule has 4 heteroatoms. The van der Waals surface area contributed by atoms with Crippen LogP contribution in [0.2, 0.25) is 0 Å². The van der Waals surface area contributed by atoms with Crippen LogP contribution in [0.1, 0.15) is 31.4 Å². The predicted octanol–water partition coefficient (Wildman–Crippen LogP) is 3.35. The van der Waals surface area contributed by atoms with Crippen LogP contribution in [0.15, 0.2) is 22.7 Å². The normalized spacial score (nSPS) is 12.7. The van der Waals surface area contributed by atoms with Crippen molar-refractivity contribution in [3.63, 3.8) is 0 Å². The summed E-state index contributed by atoms with van der Waals surface area (Å²) in [6.45, 7) is 6.66. The summed E-state index contributed by atoms with van der Waals surface area (Å²) in [5, 5.41) is 12.2. The third-order valence-corrected chi connectivity index (χ3v) is 3.67. The molecule has 0 heterocycles. The van der Waals surface area contributed by atoms with E-state index in [2.05, 4.69) is 27.3 Å². The van der Waals surface area contributed by atoms with Crippen LogP contribution in [0, 0.1) is 12.8 Å². The van der Waals surface area contributed by atoms with Crippen molar-refractivity contribution in [2.75, 3.05) is 0 Å². The monoisotopic (exact) mass is 313 g/mol. The van der Waals surface area contributed by atoms with Gasteiger partial charge in [0.05, 0.1) is 0 Å². The topological polar surface area (TPSA) is 49.3 Å². The van der Waals surface area contributed by atoms with Gasteiger partial charge in [-0.25, -0.2) is 0 Å². The molecule has 100 valence electrons. The highest BCUT2D eigenvalue weighted by molar-refractivity contribution is 9.10. The fourth-order valence-corrected chi connectivity index (χ4v) is 2.05. The van der Waals surface area contributed by atoms with Gasteiger partial charge in [-0.3, -0.25) is 4.79 Å². The lowest BCUT2D eigenvalue weighted by molar-refractivity contribution is -0.140. The molecule has 3 nitrogen and oxygen atoms in total. The predicted molar refractivity (Wildman–Crippen MR) is 76.6 cm³/mol. The Hall–Kier alpha value is -0.870. The molecule has 2 N–H and O–H groups in total. The Morgan fingerprint density at radius 3 is 2.61 bits per heavy atom. The van der Waals surface area contributed by atoms with E-state index in [0.29, 0.717) is 18.9 Å². The molecule has 0 saturated heterocycles. The van der Waals surface area contributed by atoms with E-state index < -0.39 is 12.0 Å². The number of carboxylic acids is 1. The van der Waals surface area contributed by atoms with E-state index in [1.165, 1.54) is 0 Å². The summed E-state index contributed by atoms with van der Waals surface area (Å²) >= 11 is 3.45. The van der Waals surface area contributed by atoms with E-state index in [4.69, 9.17) is 5.11 Å². The molecule has 1 aromatic carbocycles. The lowest BCUT2D eigenvalue weighted by Crippen LogP contribution is -2.37. The van der Waals surface area contributed by atoms with Crippen molar-refractivity contribution in [2.24, 2.45) is 5.92 Å². The lowest BCUT2D eigenvalue weighted by atomic mass is 10.0. The molecule has 0 aliphatic rings. The highest BCUT2D eigenvalue weighted by Crippen LogP contribution is 2.17. The summed E-state index contributed by atoms with van der Waals surface area (Å²) in [6.07, 6.45) is 0.644. The first-order valence-electron chi connectivity index (χ1n) is 6.11. The number of aliphatic carboxylic acids is 1. The maximum absolute atomic E-state index is 11.1. The highest BCUT2D eigenvalue weighted by atomic mass is 79.9. The maximum Gasteiger partial charge on any atom is 0.320 e. The Morgan fingerprint density at radius 2 is 2.11 bits per heavy atom. The Labute approximate surface area is 117 Å². The minimum Gasteiger partial charge on any atom is -0.480 e. The van der Waals surface area contributed by atoms with Gasteiger partial charge < -0.3 is 10.4 Å². The lowest BCUT2D eigenvalue weighted by Gasteiger charge is -2.16. The van der Waals surface area contributed by atoms with Crippen molar-refractivity contribution in [1.29, 1.82) is 0 Å². The van der Waals surface area contributed by atoms with Gasteiger partial charge in [0.2, 0.25) is 0 Å². The summed E-state index contributed by atoms with van der Waals surface area (Å²) in [5.74, 6) is -0.414. The molecule has 18 heavy (non-hydrogen) atoms. The van der Waals surface area contributed by atoms with Crippen LogP contribution >= 0.6 is 15.9 Å². The van der Waals surface area contributed by atoms with E-state index in [0.717, 1.165) is 15.6 Å². The van der Waals surface area contributed by atoms with Gasteiger partial charge in [-0.1, -0.05) is 41.9 Å². The zero-order chi connectivity index (χ0) is 13.7. The fraction of sp³-hybridized carbons (Fsp3) is 0.500. The third-order valence-electron chi connectivity index (χ3n) is 2.78. The average molecular weight is 314 g/mol. The van der Waals surface area contributed by atoms with E-state index in [1.807, 2.05) is 32.9 Å². The Kier molecular flexibility index (Phi) is 5.82. The molecule has 0 amide bonds. The second-order valence-electron chi connectivity index (χ2n) is 4.98. The van der Waals surface area contributed by atoms with Crippen molar-refractivity contribution in [1.82, 2.24) is 5.32 Å². The Bertz CT molecular complexity index is 418. The van der Waals surface area contributed by atoms with Gasteiger partial charge in [-0.2, -0.15) is 0 Å². The van der Waals surface area contributed by atoms with Crippen molar-refractivity contribution in [2.45, 2.75) is 39.8 Å². The van der Waals surface area contributed by atoms with Gasteiger partial charge >= 0.3 is 5.97 Å². The maximum atomic E-state index is 11.1. The Balaban J connectivity index is 2.61. The molecule has 0 radical (unpaired) electrons. The molecular formula is C14H20BrNO2. The average Bonchev–Trinajstić information content (AvgIpc) is 2.28. The fourth-order valence-electron chi connectivity index (χ4n) is 1.80. The number of carboxylic acid groups (broad SMARTS) is 1. The summed E-state index contributed by atoms with van der Waals surface area (Å²) in [6, 6.07) is 5.57. The van der Waals surface area contributed by atoms with E-state index in [9.17, 15) is 4.79 Å². The first-order valence-corrected chi connectivity index (χ1v) is 6.90. The quantitative estimate of drug-likeness (QED) is 0.846. The van der Waals surface area contributed by atoms with Crippen LogP contribution in [0.25, 0.3) is 0 Å². The zero-order valence-corrected chi connectivity index (χ0v) is 12.6. The molecule has 0 saturated carbocycles. The highest BCUT2D eigenvalue weighted by Gasteiger charge is 2.17. The van der Waals surface area contributed by atoms with Crippen molar-refractivity contribution in [3.8, 4) is 0 Å². The zero-order valence-electron chi connectivity index (χ0n) is 11.0. The van der Waals surface area contributed by atoms with Crippen molar-refractivity contribution < 1.29 is 9.90 Å². The van der Waals surface area contributed by atoms with E-state index in [-0.39, 0.29) is 0 Å². The number of hydrogen-bond acceptors (Lipinski definition) is 2. The largest absolute Gasteiger partial charge is 0.480 e. The molecular weight excluding hydrogens is 294 g/mol. The molecule has 0 spiro atoms. The Morgan fingerprint density at radius 1 is 1.44 bits per heavy atom. The molecule has 1 aromatic rings. The molecule has 1 atom stereocenters. The van der Waals surface area contributed by atoms with Crippen LogP contribution in [0.4, 0.5) is 0 Å². The second kappa shape index (κ2) is 6.90. The molecule has 0 fully saturated rings. The van der Waals surface area contributed by atoms with Gasteiger partial charge in [0.25, 0.3) is 0 Å². The van der Waals surface area contributed by atoms with E-state index in [1.54, 1.807) is 0 Å². The number of hydrogen-bond donors (Lipinski definition) is 2. The minimum atomic E-state index is -0.780. The first kappa shape index (κ1) is 15.2. The first-order chi connectivity index (χ1) is 8.40. The van der Waals surface area contributed by atoms with Gasteiger partial charge in [-0.05, 0) is 36.5 Å². The summed E-state index contributed by atoms with van der Waals surface area (Å²) < 4.78 is 1.07. The van der Waals surface area contributed by atoms with Crippen LogP contribution in [-0.4, -0.2) is 17.1 Å². The number of aryl methyl sites for hydroxylation is 1. The van der Waals surface area contributed by atoms with Gasteiger partial charge in [-0.15, -0.1) is 0 Å². The standard InChI is InChI=1S/C14H20BrNO2/c1-9(2)6-13(14(17)18)16-8-11-4-5-12(15)10(3)7-11/h4-5,7,9,13,16H,6,8H2,1-3H3,(H,17,18)/t13-/m1/s1. The van der Waals surface area contributed by atoms with Crippen LogP contribution in [0.3, 0.4) is 0 Å².